The number of imidazole rings is 1. The summed E-state index contributed by atoms with van der Waals surface area (Å²) in [5.74, 6) is -1.46. The Morgan fingerprint density at radius 2 is 1.74 bits per heavy atom. The number of aromatic nitrogens is 3. The average molecular weight is 448 g/mol. The van der Waals surface area contributed by atoms with Crippen LogP contribution in [0.15, 0.2) is 84.6 Å². The topological polar surface area (TPSA) is 102 Å². The summed E-state index contributed by atoms with van der Waals surface area (Å²) in [5.41, 5.74) is 4.50. The Kier molecular flexibility index (Phi) is 4.38. The molecule has 166 valence electrons. The fourth-order valence-electron chi connectivity index (χ4n) is 4.64. The minimum absolute atomic E-state index is 0.0255. The number of benzene rings is 3. The number of para-hydroxylation sites is 1. The standard InChI is InChI=1S/C27H20N4O3/c1-15-11-12-20-21(13-15)30-27(29-20)31-23(16-7-3-2-4-8-16)22(25(33)26(31)34)24(32)18-14-28-19-10-6-5-9-17(18)19/h2-14,23,28,32H,1H3,(H,29,30)/b24-22+. The first-order valence-corrected chi connectivity index (χ1v) is 10.9. The smallest absolute Gasteiger partial charge is 0.302 e. The van der Waals surface area contributed by atoms with Crippen LogP contribution in [0.25, 0.3) is 27.7 Å². The number of hydrogen-bond donors (Lipinski definition) is 3. The number of nitrogens with one attached hydrogen (secondary N) is 2. The lowest BCUT2D eigenvalue weighted by molar-refractivity contribution is -0.132. The molecule has 1 fully saturated rings. The third kappa shape index (κ3) is 2.94. The third-order valence-corrected chi connectivity index (χ3v) is 6.26. The van der Waals surface area contributed by atoms with Crippen LogP contribution in [0.1, 0.15) is 22.7 Å². The highest BCUT2D eigenvalue weighted by Crippen LogP contribution is 2.42. The number of rotatable bonds is 3. The Balaban J connectivity index is 1.59. The predicted molar refractivity (Wildman–Crippen MR) is 130 cm³/mol. The van der Waals surface area contributed by atoms with E-state index < -0.39 is 17.7 Å². The quantitative estimate of drug-likeness (QED) is 0.206. The molecule has 3 heterocycles. The maximum absolute atomic E-state index is 13.4. The number of H-pyrrole nitrogens is 2. The van der Waals surface area contributed by atoms with Gasteiger partial charge in [0.15, 0.2) is 0 Å². The van der Waals surface area contributed by atoms with Crippen LogP contribution in [-0.4, -0.2) is 31.7 Å². The molecule has 6 rings (SSSR count). The Hall–Kier alpha value is -4.65. The summed E-state index contributed by atoms with van der Waals surface area (Å²) in [6, 6.07) is 21.6. The number of amides is 1. The second-order valence-corrected chi connectivity index (χ2v) is 8.41. The van der Waals surface area contributed by atoms with Gasteiger partial charge in [-0.1, -0.05) is 54.6 Å². The number of aromatic amines is 2. The van der Waals surface area contributed by atoms with Crippen molar-refractivity contribution in [2.75, 3.05) is 4.90 Å². The molecule has 7 nitrogen and oxygen atoms in total. The summed E-state index contributed by atoms with van der Waals surface area (Å²) in [7, 11) is 0. The summed E-state index contributed by atoms with van der Waals surface area (Å²) in [5, 5.41) is 12.2. The second kappa shape index (κ2) is 7.45. The lowest BCUT2D eigenvalue weighted by atomic mass is 9.95. The van der Waals surface area contributed by atoms with Gasteiger partial charge in [-0.2, -0.15) is 0 Å². The number of fused-ring (bicyclic) bond motifs is 2. The molecular formula is C27H20N4O3. The zero-order valence-corrected chi connectivity index (χ0v) is 18.2. The first-order valence-electron chi connectivity index (χ1n) is 10.9. The van der Waals surface area contributed by atoms with E-state index in [0.29, 0.717) is 16.6 Å². The van der Waals surface area contributed by atoms with Gasteiger partial charge in [0, 0.05) is 22.7 Å². The molecule has 1 saturated heterocycles. The van der Waals surface area contributed by atoms with Crippen LogP contribution < -0.4 is 4.90 Å². The largest absolute Gasteiger partial charge is 0.507 e. The normalized spacial score (nSPS) is 17.8. The molecule has 1 unspecified atom stereocenters. The highest BCUT2D eigenvalue weighted by atomic mass is 16.3. The lowest BCUT2D eigenvalue weighted by Gasteiger charge is -2.22. The van der Waals surface area contributed by atoms with Gasteiger partial charge in [-0.25, -0.2) is 4.98 Å². The zero-order valence-electron chi connectivity index (χ0n) is 18.2. The van der Waals surface area contributed by atoms with Crippen molar-refractivity contribution >= 4 is 45.3 Å². The van der Waals surface area contributed by atoms with Gasteiger partial charge in [0.25, 0.3) is 5.78 Å². The number of hydrogen-bond acceptors (Lipinski definition) is 4. The van der Waals surface area contributed by atoms with Crippen LogP contribution in [0.2, 0.25) is 0 Å². The van der Waals surface area contributed by atoms with Gasteiger partial charge in [0.2, 0.25) is 5.95 Å². The van der Waals surface area contributed by atoms with Gasteiger partial charge in [-0.3, -0.25) is 14.5 Å². The van der Waals surface area contributed by atoms with E-state index in [-0.39, 0.29) is 17.3 Å². The van der Waals surface area contributed by atoms with E-state index >= 15 is 0 Å². The van der Waals surface area contributed by atoms with E-state index in [2.05, 4.69) is 15.0 Å². The van der Waals surface area contributed by atoms with Crippen molar-refractivity contribution in [2.24, 2.45) is 0 Å². The minimum atomic E-state index is -0.837. The summed E-state index contributed by atoms with van der Waals surface area (Å²) >= 11 is 0. The van der Waals surface area contributed by atoms with Gasteiger partial charge >= 0.3 is 5.91 Å². The lowest BCUT2D eigenvalue weighted by Crippen LogP contribution is -2.30. The van der Waals surface area contributed by atoms with Crippen molar-refractivity contribution in [1.29, 1.82) is 0 Å². The first-order chi connectivity index (χ1) is 16.5. The fourth-order valence-corrected chi connectivity index (χ4v) is 4.64. The van der Waals surface area contributed by atoms with Gasteiger partial charge in [0.1, 0.15) is 5.76 Å². The number of carbonyl (C=O) groups excluding carboxylic acids is 2. The van der Waals surface area contributed by atoms with Crippen molar-refractivity contribution in [3.05, 3.63) is 101 Å². The minimum Gasteiger partial charge on any atom is -0.507 e. The highest BCUT2D eigenvalue weighted by molar-refractivity contribution is 6.51. The monoisotopic (exact) mass is 448 g/mol. The number of aliphatic hydroxyl groups is 1. The molecule has 0 aliphatic carbocycles. The number of aliphatic hydroxyl groups excluding tert-OH is 1. The SMILES string of the molecule is Cc1ccc2nc(N3C(=O)C(=O)/C(=C(/O)c4c[nH]c5ccccc45)C3c3ccccc3)[nH]c2c1. The summed E-state index contributed by atoms with van der Waals surface area (Å²) in [6.07, 6.45) is 1.65. The Bertz CT molecular complexity index is 1630. The Morgan fingerprint density at radius 1 is 0.971 bits per heavy atom. The summed E-state index contributed by atoms with van der Waals surface area (Å²) in [6.45, 7) is 1.97. The van der Waals surface area contributed by atoms with Crippen molar-refractivity contribution in [2.45, 2.75) is 13.0 Å². The second-order valence-electron chi connectivity index (χ2n) is 8.41. The van der Waals surface area contributed by atoms with Crippen LogP contribution >= 0.6 is 0 Å². The molecule has 1 atom stereocenters. The van der Waals surface area contributed by atoms with Crippen molar-refractivity contribution in [3.63, 3.8) is 0 Å². The first kappa shape index (κ1) is 20.0. The number of nitrogens with zero attached hydrogens (tertiary/aromatic N) is 2. The van der Waals surface area contributed by atoms with Crippen LogP contribution in [0.3, 0.4) is 0 Å². The van der Waals surface area contributed by atoms with Gasteiger partial charge in [-0.15, -0.1) is 0 Å². The number of ketones is 1. The number of aryl methyl sites for hydroxylation is 1. The molecule has 34 heavy (non-hydrogen) atoms. The molecule has 0 spiro atoms. The van der Waals surface area contributed by atoms with E-state index in [1.807, 2.05) is 79.7 Å². The van der Waals surface area contributed by atoms with E-state index in [1.165, 1.54) is 4.90 Å². The molecule has 0 saturated carbocycles. The maximum Gasteiger partial charge on any atom is 0.302 e. The van der Waals surface area contributed by atoms with Gasteiger partial charge < -0.3 is 15.1 Å². The van der Waals surface area contributed by atoms with E-state index in [9.17, 15) is 14.7 Å². The molecule has 3 aromatic carbocycles. The average Bonchev–Trinajstić information content (AvgIpc) is 3.53. The number of anilines is 1. The van der Waals surface area contributed by atoms with Crippen LogP contribution in [0, 0.1) is 6.92 Å². The van der Waals surface area contributed by atoms with Crippen molar-refractivity contribution in [1.82, 2.24) is 15.0 Å². The third-order valence-electron chi connectivity index (χ3n) is 6.26. The molecule has 0 radical (unpaired) electrons. The summed E-state index contributed by atoms with van der Waals surface area (Å²) < 4.78 is 0. The summed E-state index contributed by atoms with van der Waals surface area (Å²) in [4.78, 5) is 38.9. The van der Waals surface area contributed by atoms with Crippen LogP contribution in [0.5, 0.6) is 0 Å². The molecule has 1 aliphatic rings. The molecule has 7 heteroatoms. The number of carbonyl (C=O) groups is 2. The molecule has 5 aromatic rings. The Morgan fingerprint density at radius 3 is 2.56 bits per heavy atom. The van der Waals surface area contributed by atoms with Crippen molar-refractivity contribution in [3.8, 4) is 0 Å². The molecule has 0 bridgehead atoms. The van der Waals surface area contributed by atoms with E-state index in [1.54, 1.807) is 6.20 Å². The zero-order chi connectivity index (χ0) is 23.4. The van der Waals surface area contributed by atoms with Gasteiger partial charge in [-0.05, 0) is 36.2 Å². The number of Topliss-reactive ketones (excluding diaryl/α,β-unsaturated/α-hetero) is 1. The molecule has 2 aromatic heterocycles. The van der Waals surface area contributed by atoms with Crippen LogP contribution in [0.4, 0.5) is 5.95 Å². The van der Waals surface area contributed by atoms with E-state index in [4.69, 9.17) is 0 Å². The fraction of sp³-hybridized carbons (Fsp3) is 0.0741. The van der Waals surface area contributed by atoms with E-state index in [0.717, 1.165) is 22.0 Å². The maximum atomic E-state index is 13.4. The predicted octanol–water partition coefficient (Wildman–Crippen LogP) is 4.98. The highest BCUT2D eigenvalue weighted by Gasteiger charge is 2.48. The molecule has 3 N–H and O–H groups in total. The molecular weight excluding hydrogens is 428 g/mol. The van der Waals surface area contributed by atoms with Crippen LogP contribution in [-0.2, 0) is 9.59 Å². The molecule has 1 aliphatic heterocycles. The molecule has 1 amide bonds. The Labute approximate surface area is 194 Å². The van der Waals surface area contributed by atoms with Crippen molar-refractivity contribution < 1.29 is 14.7 Å². The van der Waals surface area contributed by atoms with Gasteiger partial charge in [0.05, 0.1) is 22.6 Å².